The molecule has 1 aliphatic carbocycles. The summed E-state index contributed by atoms with van der Waals surface area (Å²) >= 11 is 13.5. The first kappa shape index (κ1) is 18.1. The lowest BCUT2D eigenvalue weighted by molar-refractivity contribution is 0.102. The lowest BCUT2D eigenvalue weighted by atomic mass is 10.1. The number of alkyl halides is 2. The number of carbonyl (C=O) groups is 1. The lowest BCUT2D eigenvalue weighted by Crippen LogP contribution is -2.15. The minimum absolute atomic E-state index is 0.204. The summed E-state index contributed by atoms with van der Waals surface area (Å²) in [5, 5.41) is 12.8. The Morgan fingerprint density at radius 2 is 2.12 bits per heavy atom. The van der Waals surface area contributed by atoms with E-state index in [1.54, 1.807) is 25.1 Å². The van der Waals surface area contributed by atoms with Crippen LogP contribution < -0.4 is 5.32 Å². The fourth-order valence-electron chi connectivity index (χ4n) is 2.35. The smallest absolute Gasteiger partial charge is 0.257 e. The molecule has 7 heteroatoms. The van der Waals surface area contributed by atoms with Gasteiger partial charge in [-0.2, -0.15) is 5.26 Å². The molecular weight excluding hydrogens is 377 g/mol. The van der Waals surface area contributed by atoms with Crippen molar-refractivity contribution < 1.29 is 4.79 Å². The highest BCUT2D eigenvalue weighted by Crippen LogP contribution is 2.54. The van der Waals surface area contributed by atoms with Crippen LogP contribution in [0.1, 0.15) is 28.0 Å². The Bertz CT molecular complexity index is 849. The third-order valence-electron chi connectivity index (χ3n) is 3.95. The Balaban J connectivity index is 1.77. The number of thioether (sulfide) groups is 1. The van der Waals surface area contributed by atoms with E-state index < -0.39 is 4.33 Å². The fourth-order valence-corrected chi connectivity index (χ4v) is 4.29. The molecule has 0 radical (unpaired) electrons. The van der Waals surface area contributed by atoms with Crippen molar-refractivity contribution >= 4 is 46.6 Å². The van der Waals surface area contributed by atoms with E-state index in [1.165, 1.54) is 11.8 Å². The van der Waals surface area contributed by atoms with E-state index in [2.05, 4.69) is 16.4 Å². The SMILES string of the molecule is Cc1nc(SCC2CC2(Cl)Cl)c(C#N)cc1C(=O)Nc1ccccc1. The molecule has 0 saturated heterocycles. The molecule has 1 fully saturated rings. The number of pyridine rings is 1. The highest BCUT2D eigenvalue weighted by atomic mass is 35.5. The number of hydrogen-bond acceptors (Lipinski definition) is 4. The first-order valence-electron chi connectivity index (χ1n) is 7.69. The van der Waals surface area contributed by atoms with E-state index in [-0.39, 0.29) is 11.8 Å². The molecule has 1 heterocycles. The van der Waals surface area contributed by atoms with Gasteiger partial charge < -0.3 is 5.32 Å². The molecule has 0 bridgehead atoms. The average molecular weight is 392 g/mol. The summed E-state index contributed by atoms with van der Waals surface area (Å²) in [4.78, 5) is 16.9. The first-order valence-corrected chi connectivity index (χ1v) is 9.43. The molecule has 1 amide bonds. The van der Waals surface area contributed by atoms with Crippen LogP contribution in [0.3, 0.4) is 0 Å². The predicted octanol–water partition coefficient (Wildman–Crippen LogP) is 4.80. The van der Waals surface area contributed by atoms with E-state index in [1.807, 2.05) is 18.2 Å². The molecule has 1 aromatic carbocycles. The molecule has 0 spiro atoms. The summed E-state index contributed by atoms with van der Waals surface area (Å²) in [6, 6.07) is 12.9. The molecule has 1 aromatic heterocycles. The highest BCUT2D eigenvalue weighted by Gasteiger charge is 2.51. The van der Waals surface area contributed by atoms with Gasteiger partial charge in [0.2, 0.25) is 0 Å². The summed E-state index contributed by atoms with van der Waals surface area (Å²) in [5.41, 5.74) is 2.04. The van der Waals surface area contributed by atoms with Crippen molar-refractivity contribution in [1.82, 2.24) is 4.98 Å². The van der Waals surface area contributed by atoms with Crippen molar-refractivity contribution in [2.24, 2.45) is 5.92 Å². The van der Waals surface area contributed by atoms with Crippen LogP contribution in [0.5, 0.6) is 0 Å². The van der Waals surface area contributed by atoms with Crippen LogP contribution in [0, 0.1) is 24.2 Å². The quantitative estimate of drug-likeness (QED) is 0.586. The van der Waals surface area contributed by atoms with Crippen molar-refractivity contribution in [3.8, 4) is 6.07 Å². The van der Waals surface area contributed by atoms with Crippen molar-refractivity contribution in [2.45, 2.75) is 22.7 Å². The number of nitrogens with zero attached hydrogens (tertiary/aromatic N) is 2. The van der Waals surface area contributed by atoms with Crippen LogP contribution in [-0.4, -0.2) is 21.0 Å². The van der Waals surface area contributed by atoms with Crippen molar-refractivity contribution in [3.63, 3.8) is 0 Å². The second-order valence-corrected chi connectivity index (χ2v) is 8.43. The van der Waals surface area contributed by atoms with Gasteiger partial charge in [0, 0.05) is 17.4 Å². The van der Waals surface area contributed by atoms with Crippen molar-refractivity contribution in [1.29, 1.82) is 5.26 Å². The minimum atomic E-state index is -0.648. The van der Waals surface area contributed by atoms with E-state index in [0.29, 0.717) is 33.3 Å². The van der Waals surface area contributed by atoms with E-state index >= 15 is 0 Å². The number of halogens is 2. The second-order valence-electron chi connectivity index (χ2n) is 5.88. The summed E-state index contributed by atoms with van der Waals surface area (Å²) < 4.78 is -0.648. The number of rotatable bonds is 5. The third kappa shape index (κ3) is 4.27. The summed E-state index contributed by atoms with van der Waals surface area (Å²) in [5.74, 6) is 0.617. The first-order chi connectivity index (χ1) is 11.9. The molecule has 1 atom stereocenters. The number of carbonyl (C=O) groups excluding carboxylic acids is 1. The summed E-state index contributed by atoms with van der Waals surface area (Å²) in [6.07, 6.45) is 0.752. The largest absolute Gasteiger partial charge is 0.322 e. The van der Waals surface area contributed by atoms with Gasteiger partial charge in [-0.25, -0.2) is 4.98 Å². The van der Waals surface area contributed by atoms with E-state index in [4.69, 9.17) is 23.2 Å². The molecule has 25 heavy (non-hydrogen) atoms. The van der Waals surface area contributed by atoms with Gasteiger partial charge in [-0.15, -0.1) is 35.0 Å². The maximum Gasteiger partial charge on any atom is 0.257 e. The normalized spacial score (nSPS) is 17.6. The van der Waals surface area contributed by atoms with Gasteiger partial charge in [-0.3, -0.25) is 4.79 Å². The summed E-state index contributed by atoms with van der Waals surface area (Å²) in [6.45, 7) is 1.76. The second kappa shape index (κ2) is 7.25. The number of aryl methyl sites for hydroxylation is 1. The van der Waals surface area contributed by atoms with Gasteiger partial charge in [0.25, 0.3) is 5.91 Å². The monoisotopic (exact) mass is 391 g/mol. The van der Waals surface area contributed by atoms with Gasteiger partial charge in [0.1, 0.15) is 15.4 Å². The van der Waals surface area contributed by atoms with E-state index in [0.717, 1.165) is 6.42 Å². The Kier molecular flexibility index (Phi) is 5.24. The minimum Gasteiger partial charge on any atom is -0.322 e. The van der Waals surface area contributed by atoms with Gasteiger partial charge in [0.15, 0.2) is 0 Å². The number of anilines is 1. The molecule has 1 saturated carbocycles. The zero-order valence-electron chi connectivity index (χ0n) is 13.4. The maximum absolute atomic E-state index is 12.5. The molecule has 1 unspecified atom stereocenters. The van der Waals surface area contributed by atoms with Crippen molar-refractivity contribution in [2.75, 3.05) is 11.1 Å². The van der Waals surface area contributed by atoms with E-state index in [9.17, 15) is 10.1 Å². The molecular formula is C18H15Cl2N3OS. The van der Waals surface area contributed by atoms with Crippen LogP contribution >= 0.6 is 35.0 Å². The molecule has 3 rings (SSSR count). The molecule has 1 N–H and O–H groups in total. The standard InChI is InChI=1S/C18H15Cl2N3OS/c1-11-15(16(24)23-14-5-3-2-4-6-14)7-12(9-21)17(22-11)25-10-13-8-18(13,19)20/h2-7,13H,8,10H2,1H3,(H,23,24). The number of aromatic nitrogens is 1. The Labute approximate surface area is 160 Å². The maximum atomic E-state index is 12.5. The zero-order chi connectivity index (χ0) is 18.0. The number of nitrogens with one attached hydrogen (secondary N) is 1. The van der Waals surface area contributed by atoms with Gasteiger partial charge in [0.05, 0.1) is 16.8 Å². The van der Waals surface area contributed by atoms with Gasteiger partial charge in [-0.05, 0) is 31.5 Å². The van der Waals surface area contributed by atoms with Crippen LogP contribution in [-0.2, 0) is 0 Å². The van der Waals surface area contributed by atoms with Crippen molar-refractivity contribution in [3.05, 3.63) is 53.2 Å². The number of para-hydroxylation sites is 1. The molecule has 2 aromatic rings. The predicted molar refractivity (Wildman–Crippen MR) is 101 cm³/mol. The van der Waals surface area contributed by atoms with Gasteiger partial charge in [-0.1, -0.05) is 18.2 Å². The summed E-state index contributed by atoms with van der Waals surface area (Å²) in [7, 11) is 0. The molecule has 1 aliphatic rings. The molecule has 4 nitrogen and oxygen atoms in total. The Hall–Kier alpha value is -1.74. The Morgan fingerprint density at radius 1 is 1.44 bits per heavy atom. The number of nitriles is 1. The number of benzene rings is 1. The van der Waals surface area contributed by atoms with Crippen LogP contribution in [0.4, 0.5) is 5.69 Å². The number of amides is 1. The zero-order valence-corrected chi connectivity index (χ0v) is 15.8. The molecule has 0 aliphatic heterocycles. The van der Waals surface area contributed by atoms with Gasteiger partial charge >= 0.3 is 0 Å². The van der Waals surface area contributed by atoms with Crippen LogP contribution in [0.2, 0.25) is 0 Å². The average Bonchev–Trinajstić information content (AvgIpc) is 3.20. The number of hydrogen-bond donors (Lipinski definition) is 1. The van der Waals surface area contributed by atoms with Crippen LogP contribution in [0.15, 0.2) is 41.4 Å². The third-order valence-corrected chi connectivity index (χ3v) is 6.03. The topological polar surface area (TPSA) is 65.8 Å². The Morgan fingerprint density at radius 3 is 2.72 bits per heavy atom. The highest BCUT2D eigenvalue weighted by molar-refractivity contribution is 7.99. The fraction of sp³-hybridized carbons (Fsp3) is 0.278. The lowest BCUT2D eigenvalue weighted by Gasteiger charge is -2.10. The molecule has 128 valence electrons. The van der Waals surface area contributed by atoms with Crippen LogP contribution in [0.25, 0.3) is 0 Å².